The lowest BCUT2D eigenvalue weighted by atomic mass is 10.0. The molecule has 1 N–H and O–H groups in total. The van der Waals surface area contributed by atoms with Crippen LogP contribution in [0.5, 0.6) is 0 Å². The third kappa shape index (κ3) is 6.12. The molecule has 21 heavy (non-hydrogen) atoms. The van der Waals surface area contributed by atoms with Crippen molar-refractivity contribution in [2.24, 2.45) is 0 Å². The van der Waals surface area contributed by atoms with Crippen LogP contribution in [-0.2, 0) is 9.59 Å². The minimum atomic E-state index is -0.966. The molecule has 1 aromatic rings. The third-order valence-electron chi connectivity index (χ3n) is 2.87. The van der Waals surface area contributed by atoms with Gasteiger partial charge in [0.15, 0.2) is 0 Å². The number of rotatable bonds is 8. The standard InChI is InChI=1S/C14H14Br4O3/c15-11(8-4-2-1-3-5-8)13(17)14(18)12(16)9(19)6-7-10(20)21/h1-5,11-14H,6-7H2,(H,20,21)/t11-,12+,13+,14+/m1/s1. The molecule has 0 bridgehead atoms. The van der Waals surface area contributed by atoms with Crippen LogP contribution in [0.3, 0.4) is 0 Å². The molecule has 0 aliphatic carbocycles. The average Bonchev–Trinajstić information content (AvgIpc) is 2.50. The van der Waals surface area contributed by atoms with E-state index < -0.39 is 10.8 Å². The Morgan fingerprint density at radius 3 is 2.05 bits per heavy atom. The van der Waals surface area contributed by atoms with Gasteiger partial charge < -0.3 is 5.11 Å². The quantitative estimate of drug-likeness (QED) is 0.472. The van der Waals surface area contributed by atoms with E-state index in [1.807, 2.05) is 30.3 Å². The van der Waals surface area contributed by atoms with Crippen LogP contribution in [0.1, 0.15) is 23.2 Å². The summed E-state index contributed by atoms with van der Waals surface area (Å²) in [5.74, 6) is -1.09. The van der Waals surface area contributed by atoms with Gasteiger partial charge in [-0.25, -0.2) is 0 Å². The summed E-state index contributed by atoms with van der Waals surface area (Å²) in [5.41, 5.74) is 1.10. The van der Waals surface area contributed by atoms with Crippen LogP contribution in [0, 0.1) is 0 Å². The van der Waals surface area contributed by atoms with Gasteiger partial charge in [0, 0.05) is 16.1 Å². The first-order chi connectivity index (χ1) is 9.84. The molecule has 0 amide bonds. The molecule has 0 aliphatic rings. The lowest BCUT2D eigenvalue weighted by Crippen LogP contribution is -2.33. The summed E-state index contributed by atoms with van der Waals surface area (Å²) in [6.45, 7) is 0. The Hall–Kier alpha value is 0.280. The number of carboxylic acid groups (broad SMARTS) is 1. The first kappa shape index (κ1) is 19.3. The van der Waals surface area contributed by atoms with Gasteiger partial charge in [-0.15, -0.1) is 0 Å². The number of carboxylic acids is 1. The Balaban J connectivity index is 2.66. The van der Waals surface area contributed by atoms with E-state index in [0.29, 0.717) is 0 Å². The fraction of sp³-hybridized carbons (Fsp3) is 0.429. The maximum atomic E-state index is 12.0. The molecule has 0 spiro atoms. The molecular formula is C14H14Br4O3. The minimum Gasteiger partial charge on any atom is -0.481 e. The number of carbonyl (C=O) groups excluding carboxylic acids is 1. The highest BCUT2D eigenvalue weighted by Crippen LogP contribution is 2.38. The number of halogens is 4. The Morgan fingerprint density at radius 1 is 0.952 bits per heavy atom. The molecule has 116 valence electrons. The zero-order chi connectivity index (χ0) is 16.0. The van der Waals surface area contributed by atoms with Crippen molar-refractivity contribution >= 4 is 75.5 Å². The molecule has 0 aromatic heterocycles. The van der Waals surface area contributed by atoms with Gasteiger partial charge in [-0.05, 0) is 5.56 Å². The summed E-state index contributed by atoms with van der Waals surface area (Å²) < 4.78 is 0. The van der Waals surface area contributed by atoms with Gasteiger partial charge in [0.1, 0.15) is 5.78 Å². The second kappa shape index (κ2) is 9.43. The Bertz CT molecular complexity index is 480. The summed E-state index contributed by atoms with van der Waals surface area (Å²) in [4.78, 5) is 21.9. The van der Waals surface area contributed by atoms with Crippen molar-refractivity contribution < 1.29 is 14.7 Å². The van der Waals surface area contributed by atoms with E-state index in [9.17, 15) is 9.59 Å². The molecule has 3 nitrogen and oxygen atoms in total. The molecule has 1 rings (SSSR count). The molecule has 0 saturated carbocycles. The first-order valence-corrected chi connectivity index (χ1v) is 9.86. The maximum Gasteiger partial charge on any atom is 0.303 e. The lowest BCUT2D eigenvalue weighted by Gasteiger charge is -2.25. The Kier molecular flexibility index (Phi) is 8.67. The molecule has 7 heteroatoms. The number of hydrogen-bond donors (Lipinski definition) is 1. The number of ketones is 1. The lowest BCUT2D eigenvalue weighted by molar-refractivity contribution is -0.138. The predicted molar refractivity (Wildman–Crippen MR) is 98.1 cm³/mol. The van der Waals surface area contributed by atoms with Crippen LogP contribution in [0.25, 0.3) is 0 Å². The van der Waals surface area contributed by atoms with Gasteiger partial charge in [0.05, 0.1) is 16.1 Å². The summed E-state index contributed by atoms with van der Waals surface area (Å²) >= 11 is 14.1. The highest BCUT2D eigenvalue weighted by atomic mass is 79.9. The topological polar surface area (TPSA) is 54.4 Å². The van der Waals surface area contributed by atoms with Gasteiger partial charge in [0.2, 0.25) is 0 Å². The van der Waals surface area contributed by atoms with Crippen LogP contribution in [0.2, 0.25) is 0 Å². The smallest absolute Gasteiger partial charge is 0.303 e. The van der Waals surface area contributed by atoms with Crippen LogP contribution >= 0.6 is 63.7 Å². The fourth-order valence-electron chi connectivity index (χ4n) is 1.69. The van der Waals surface area contributed by atoms with Crippen LogP contribution in [-0.4, -0.2) is 31.3 Å². The maximum absolute atomic E-state index is 12.0. The Morgan fingerprint density at radius 2 is 1.52 bits per heavy atom. The predicted octanol–water partition coefficient (Wildman–Crippen LogP) is 4.85. The highest BCUT2D eigenvalue weighted by molar-refractivity contribution is 9.14. The number of alkyl halides is 4. The summed E-state index contributed by atoms with van der Waals surface area (Å²) in [7, 11) is 0. The van der Waals surface area contributed by atoms with Gasteiger partial charge in [-0.3, -0.25) is 9.59 Å². The fourth-order valence-corrected chi connectivity index (χ4v) is 4.91. The van der Waals surface area contributed by atoms with E-state index in [2.05, 4.69) is 63.7 Å². The summed E-state index contributed by atoms with van der Waals surface area (Å²) in [5, 5.41) is 8.63. The average molecular weight is 550 g/mol. The van der Waals surface area contributed by atoms with Crippen molar-refractivity contribution in [2.45, 2.75) is 32.2 Å². The second-order valence-corrected chi connectivity index (χ2v) is 8.55. The number of Topliss-reactive ketones (excluding diaryl/α,β-unsaturated/α-hetero) is 1. The summed E-state index contributed by atoms with van der Waals surface area (Å²) in [6, 6.07) is 9.86. The molecule has 0 saturated heterocycles. The van der Waals surface area contributed by atoms with Crippen LogP contribution in [0.4, 0.5) is 0 Å². The monoisotopic (exact) mass is 546 g/mol. The van der Waals surface area contributed by atoms with E-state index in [0.717, 1.165) is 5.56 Å². The Labute approximate surface area is 157 Å². The van der Waals surface area contributed by atoms with E-state index >= 15 is 0 Å². The van der Waals surface area contributed by atoms with E-state index in [4.69, 9.17) is 5.11 Å². The first-order valence-electron chi connectivity index (χ1n) is 6.20. The molecular weight excluding hydrogens is 536 g/mol. The molecule has 0 radical (unpaired) electrons. The van der Waals surface area contributed by atoms with Gasteiger partial charge in [-0.2, -0.15) is 0 Å². The van der Waals surface area contributed by atoms with Crippen molar-refractivity contribution in [3.63, 3.8) is 0 Å². The number of carbonyl (C=O) groups is 2. The van der Waals surface area contributed by atoms with Crippen LogP contribution < -0.4 is 0 Å². The number of hydrogen-bond acceptors (Lipinski definition) is 2. The normalized spacial score (nSPS) is 16.8. The van der Waals surface area contributed by atoms with Gasteiger partial charge >= 0.3 is 5.97 Å². The third-order valence-corrected chi connectivity index (χ3v) is 9.38. The summed E-state index contributed by atoms with van der Waals surface area (Å²) in [6.07, 6.45) is -0.130. The number of benzene rings is 1. The highest BCUT2D eigenvalue weighted by Gasteiger charge is 2.33. The minimum absolute atomic E-state index is 0.0192. The van der Waals surface area contributed by atoms with Crippen LogP contribution in [0.15, 0.2) is 30.3 Å². The van der Waals surface area contributed by atoms with Crippen molar-refractivity contribution in [1.82, 2.24) is 0 Å². The molecule has 4 atom stereocenters. The second-order valence-electron chi connectivity index (χ2n) is 4.46. The van der Waals surface area contributed by atoms with Gasteiger partial charge in [-0.1, -0.05) is 94.1 Å². The zero-order valence-corrected chi connectivity index (χ0v) is 17.2. The van der Waals surface area contributed by atoms with Gasteiger partial charge in [0.25, 0.3) is 0 Å². The molecule has 0 aliphatic heterocycles. The molecule has 1 aromatic carbocycles. The largest absolute Gasteiger partial charge is 0.481 e. The zero-order valence-electron chi connectivity index (χ0n) is 10.9. The van der Waals surface area contributed by atoms with E-state index in [-0.39, 0.29) is 33.1 Å². The van der Waals surface area contributed by atoms with E-state index in [1.165, 1.54) is 0 Å². The molecule has 0 fully saturated rings. The SMILES string of the molecule is O=C(O)CCC(=O)[C@H](Br)[C@H](Br)[C@@H](Br)[C@H](Br)c1ccccc1. The van der Waals surface area contributed by atoms with Crippen molar-refractivity contribution in [1.29, 1.82) is 0 Å². The molecule has 0 unspecified atom stereocenters. The van der Waals surface area contributed by atoms with Crippen molar-refractivity contribution in [2.75, 3.05) is 0 Å². The van der Waals surface area contributed by atoms with Crippen molar-refractivity contribution in [3.8, 4) is 0 Å². The molecule has 0 heterocycles. The van der Waals surface area contributed by atoms with Crippen molar-refractivity contribution in [3.05, 3.63) is 35.9 Å². The number of aliphatic carboxylic acids is 1. The van der Waals surface area contributed by atoms with E-state index in [1.54, 1.807) is 0 Å².